The maximum absolute atomic E-state index is 12.6. The highest BCUT2D eigenvalue weighted by Gasteiger charge is 2.33. The third-order valence-corrected chi connectivity index (χ3v) is 6.70. The van der Waals surface area contributed by atoms with Gasteiger partial charge in [0.25, 0.3) is 0 Å². The van der Waals surface area contributed by atoms with E-state index < -0.39 is 21.1 Å². The predicted octanol–water partition coefficient (Wildman–Crippen LogP) is 5.02. The van der Waals surface area contributed by atoms with Crippen LogP contribution in [0.15, 0.2) is 53.4 Å². The van der Waals surface area contributed by atoms with E-state index in [1.165, 1.54) is 18.2 Å². The highest BCUT2D eigenvalue weighted by molar-refractivity contribution is 7.92. The standard InChI is InChI=1S/C19H20Cl2O4S/c20-15-11-9-14(10-12-15)5-2-1-3-8-18(19(22)23)26(24,25)17-7-4-6-16(21)13-17/h4,6-7,9-13,18H,1-3,5,8H2,(H,22,23). The Bertz CT molecular complexity index is 848. The molecular weight excluding hydrogens is 395 g/mol. The fraction of sp³-hybridized carbons (Fsp3) is 0.316. The Labute approximate surface area is 163 Å². The second-order valence-electron chi connectivity index (χ2n) is 6.06. The van der Waals surface area contributed by atoms with E-state index in [-0.39, 0.29) is 16.3 Å². The van der Waals surface area contributed by atoms with Gasteiger partial charge in [-0.1, -0.05) is 54.2 Å². The van der Waals surface area contributed by atoms with Gasteiger partial charge in [-0.2, -0.15) is 0 Å². The van der Waals surface area contributed by atoms with Crippen molar-refractivity contribution in [1.29, 1.82) is 0 Å². The number of benzene rings is 2. The first kappa shape index (κ1) is 20.7. The number of hydrogen-bond acceptors (Lipinski definition) is 3. The van der Waals surface area contributed by atoms with Crippen LogP contribution in [0.1, 0.15) is 31.2 Å². The molecule has 26 heavy (non-hydrogen) atoms. The maximum atomic E-state index is 12.6. The Hall–Kier alpha value is -1.56. The van der Waals surface area contributed by atoms with Gasteiger partial charge in [0.15, 0.2) is 15.1 Å². The molecule has 1 unspecified atom stereocenters. The molecule has 140 valence electrons. The van der Waals surface area contributed by atoms with Crippen LogP contribution < -0.4 is 0 Å². The van der Waals surface area contributed by atoms with Gasteiger partial charge in [0.1, 0.15) is 0 Å². The monoisotopic (exact) mass is 414 g/mol. The first-order valence-corrected chi connectivity index (χ1v) is 10.6. The molecule has 4 nitrogen and oxygen atoms in total. The van der Waals surface area contributed by atoms with Gasteiger partial charge < -0.3 is 5.11 Å². The number of rotatable bonds is 9. The van der Waals surface area contributed by atoms with Crippen molar-refractivity contribution in [2.75, 3.05) is 0 Å². The predicted molar refractivity (Wildman–Crippen MR) is 104 cm³/mol. The van der Waals surface area contributed by atoms with Crippen molar-refractivity contribution in [1.82, 2.24) is 0 Å². The molecule has 1 atom stereocenters. The molecule has 0 fully saturated rings. The zero-order valence-electron chi connectivity index (χ0n) is 14.1. The van der Waals surface area contributed by atoms with Crippen LogP contribution in [0.3, 0.4) is 0 Å². The van der Waals surface area contributed by atoms with Crippen LogP contribution in [0.5, 0.6) is 0 Å². The minimum Gasteiger partial charge on any atom is -0.480 e. The van der Waals surface area contributed by atoms with E-state index in [0.29, 0.717) is 11.4 Å². The lowest BCUT2D eigenvalue weighted by atomic mass is 10.1. The van der Waals surface area contributed by atoms with Crippen LogP contribution in [-0.2, 0) is 21.1 Å². The molecule has 0 aliphatic heterocycles. The van der Waals surface area contributed by atoms with Crippen molar-refractivity contribution >= 4 is 39.0 Å². The van der Waals surface area contributed by atoms with Crippen LogP contribution >= 0.6 is 23.2 Å². The van der Waals surface area contributed by atoms with Crippen molar-refractivity contribution in [3.8, 4) is 0 Å². The third-order valence-electron chi connectivity index (χ3n) is 4.12. The summed E-state index contributed by atoms with van der Waals surface area (Å²) in [6.45, 7) is 0. The lowest BCUT2D eigenvalue weighted by molar-refractivity contribution is -0.136. The van der Waals surface area contributed by atoms with Gasteiger partial charge in [-0.15, -0.1) is 0 Å². The summed E-state index contributed by atoms with van der Waals surface area (Å²) >= 11 is 11.7. The van der Waals surface area contributed by atoms with Crippen molar-refractivity contribution < 1.29 is 18.3 Å². The van der Waals surface area contributed by atoms with Gasteiger partial charge in [0.05, 0.1) is 4.90 Å². The van der Waals surface area contributed by atoms with Crippen molar-refractivity contribution in [2.45, 2.75) is 42.2 Å². The summed E-state index contributed by atoms with van der Waals surface area (Å²) in [6.07, 6.45) is 3.04. The Morgan fingerprint density at radius 1 is 0.962 bits per heavy atom. The summed E-state index contributed by atoms with van der Waals surface area (Å²) in [6, 6.07) is 13.3. The topological polar surface area (TPSA) is 71.4 Å². The number of unbranched alkanes of at least 4 members (excludes halogenated alkanes) is 2. The van der Waals surface area contributed by atoms with Crippen molar-refractivity contribution in [2.24, 2.45) is 0 Å². The van der Waals surface area contributed by atoms with Crippen LogP contribution in [0.25, 0.3) is 0 Å². The molecule has 0 radical (unpaired) electrons. The Balaban J connectivity index is 1.92. The Morgan fingerprint density at radius 3 is 2.27 bits per heavy atom. The summed E-state index contributed by atoms with van der Waals surface area (Å²) < 4.78 is 25.2. The molecule has 0 bridgehead atoms. The van der Waals surface area contributed by atoms with Crippen LogP contribution in [0.2, 0.25) is 10.0 Å². The number of aryl methyl sites for hydroxylation is 1. The van der Waals surface area contributed by atoms with Crippen LogP contribution in [0.4, 0.5) is 0 Å². The van der Waals surface area contributed by atoms with Gasteiger partial charge in [0.2, 0.25) is 0 Å². The molecule has 0 saturated heterocycles. The van der Waals surface area contributed by atoms with Gasteiger partial charge >= 0.3 is 5.97 Å². The first-order chi connectivity index (χ1) is 12.3. The molecule has 0 aliphatic carbocycles. The smallest absolute Gasteiger partial charge is 0.322 e. The molecule has 0 spiro atoms. The molecule has 2 aromatic carbocycles. The van der Waals surface area contributed by atoms with Gasteiger partial charge in [-0.25, -0.2) is 8.42 Å². The van der Waals surface area contributed by atoms with E-state index >= 15 is 0 Å². The third kappa shape index (κ3) is 5.73. The van der Waals surface area contributed by atoms with E-state index in [2.05, 4.69) is 0 Å². The van der Waals surface area contributed by atoms with E-state index in [1.807, 2.05) is 24.3 Å². The molecule has 2 aromatic rings. The summed E-state index contributed by atoms with van der Waals surface area (Å²) in [7, 11) is -3.97. The number of carboxylic acid groups (broad SMARTS) is 1. The molecule has 1 N–H and O–H groups in total. The highest BCUT2D eigenvalue weighted by atomic mass is 35.5. The fourth-order valence-electron chi connectivity index (χ4n) is 2.71. The summed E-state index contributed by atoms with van der Waals surface area (Å²) in [5.41, 5.74) is 1.15. The Morgan fingerprint density at radius 2 is 1.65 bits per heavy atom. The van der Waals surface area contributed by atoms with E-state index in [1.54, 1.807) is 6.07 Å². The number of halogens is 2. The van der Waals surface area contributed by atoms with Crippen molar-refractivity contribution in [3.05, 3.63) is 64.1 Å². The van der Waals surface area contributed by atoms with Gasteiger partial charge in [-0.3, -0.25) is 4.79 Å². The molecule has 0 amide bonds. The molecule has 0 heterocycles. The minimum atomic E-state index is -3.97. The number of carbonyl (C=O) groups is 1. The lowest BCUT2D eigenvalue weighted by Gasteiger charge is -2.14. The molecule has 2 rings (SSSR count). The molecule has 7 heteroatoms. The average molecular weight is 415 g/mol. The largest absolute Gasteiger partial charge is 0.480 e. The second kappa shape index (κ2) is 9.40. The van der Waals surface area contributed by atoms with Crippen LogP contribution in [-0.4, -0.2) is 24.7 Å². The van der Waals surface area contributed by atoms with Gasteiger partial charge in [0, 0.05) is 10.0 Å². The van der Waals surface area contributed by atoms with Crippen molar-refractivity contribution in [3.63, 3.8) is 0 Å². The average Bonchev–Trinajstić information content (AvgIpc) is 2.59. The highest BCUT2D eigenvalue weighted by Crippen LogP contribution is 2.23. The van der Waals surface area contributed by atoms with E-state index in [4.69, 9.17) is 23.2 Å². The van der Waals surface area contributed by atoms with E-state index in [9.17, 15) is 18.3 Å². The number of hydrogen-bond donors (Lipinski definition) is 1. The molecule has 0 aromatic heterocycles. The summed E-state index contributed by atoms with van der Waals surface area (Å²) in [4.78, 5) is 11.4. The number of sulfone groups is 1. The molecule has 0 saturated carbocycles. The minimum absolute atomic E-state index is 0.0569. The molecule has 0 aliphatic rings. The SMILES string of the molecule is O=C(O)C(CCCCCc1ccc(Cl)cc1)S(=O)(=O)c1cccc(Cl)c1. The zero-order valence-corrected chi connectivity index (χ0v) is 16.4. The van der Waals surface area contributed by atoms with Crippen LogP contribution in [0, 0.1) is 0 Å². The fourth-order valence-corrected chi connectivity index (χ4v) is 4.72. The van der Waals surface area contributed by atoms with Gasteiger partial charge in [-0.05, 0) is 55.2 Å². The lowest BCUT2D eigenvalue weighted by Crippen LogP contribution is -2.30. The first-order valence-electron chi connectivity index (χ1n) is 8.27. The number of carboxylic acids is 1. The molecular formula is C19H20Cl2O4S. The zero-order chi connectivity index (χ0) is 19.2. The maximum Gasteiger partial charge on any atom is 0.322 e. The summed E-state index contributed by atoms with van der Waals surface area (Å²) in [5.74, 6) is -1.33. The second-order valence-corrected chi connectivity index (χ2v) is 9.06. The normalized spacial score (nSPS) is 12.7. The van der Waals surface area contributed by atoms with E-state index in [0.717, 1.165) is 24.8 Å². The Kier molecular flexibility index (Phi) is 7.50. The number of aliphatic carboxylic acids is 1. The summed E-state index contributed by atoms with van der Waals surface area (Å²) in [5, 5.41) is 8.86. The quantitative estimate of drug-likeness (QED) is 0.584.